The Labute approximate surface area is 193 Å². The van der Waals surface area contributed by atoms with Gasteiger partial charge in [-0.1, -0.05) is 79.9 Å². The molecule has 0 aliphatic carbocycles. The Kier molecular flexibility index (Phi) is 12.2. The van der Waals surface area contributed by atoms with Crippen LogP contribution in [0.15, 0.2) is 60.7 Å². The van der Waals surface area contributed by atoms with Crippen LogP contribution in [0.4, 0.5) is 0 Å². The number of hydrogen-bond acceptors (Lipinski definition) is 4. The Bertz CT molecular complexity index is 778. The zero-order valence-corrected chi connectivity index (χ0v) is 19.6. The summed E-state index contributed by atoms with van der Waals surface area (Å²) >= 11 is 0. The predicted octanol–water partition coefficient (Wildman–Crippen LogP) is 4.75. The Morgan fingerprint density at radius 1 is 0.844 bits per heavy atom. The van der Waals surface area contributed by atoms with Crippen LogP contribution in [0.25, 0.3) is 0 Å². The fourth-order valence-corrected chi connectivity index (χ4v) is 3.69. The van der Waals surface area contributed by atoms with Crippen molar-refractivity contribution in [2.45, 2.75) is 64.0 Å². The van der Waals surface area contributed by atoms with E-state index >= 15 is 0 Å². The topological polar surface area (TPSA) is 58.6 Å². The Morgan fingerprint density at radius 3 is 2.09 bits per heavy atom. The molecule has 0 saturated heterocycles. The lowest BCUT2D eigenvalue weighted by Gasteiger charge is -2.22. The second-order valence-electron chi connectivity index (χ2n) is 8.63. The second kappa shape index (κ2) is 15.2. The second-order valence-corrected chi connectivity index (χ2v) is 8.63. The molecule has 174 valence electrons. The first-order chi connectivity index (χ1) is 15.5. The molecule has 32 heavy (non-hydrogen) atoms. The first kappa shape index (κ1) is 25.6. The Morgan fingerprint density at radius 2 is 1.44 bits per heavy atom. The van der Waals surface area contributed by atoms with E-state index < -0.39 is 0 Å². The van der Waals surface area contributed by atoms with Crippen LogP contribution in [-0.4, -0.2) is 43.5 Å². The van der Waals surface area contributed by atoms with Crippen molar-refractivity contribution >= 4 is 11.9 Å². The standard InChI is InChI=1S/C27H38N2O3/c1-29(2)21-25(20-27(31)32-22-24-17-11-7-12-18-24)28-26(30)19-13-5-3-4-8-14-23-15-9-6-10-16-23/h6-7,9-12,15-18,25H,3-5,8,13-14,19-22H2,1-2H3,(H,28,30). The zero-order valence-electron chi connectivity index (χ0n) is 19.6. The number of likely N-dealkylation sites (N-methyl/N-ethyl adjacent to an activating group) is 1. The first-order valence-electron chi connectivity index (χ1n) is 11.7. The number of aryl methyl sites for hydroxylation is 1. The van der Waals surface area contributed by atoms with Crippen molar-refractivity contribution in [3.8, 4) is 0 Å². The molecule has 0 fully saturated rings. The van der Waals surface area contributed by atoms with Crippen molar-refractivity contribution in [1.29, 1.82) is 0 Å². The van der Waals surface area contributed by atoms with Crippen molar-refractivity contribution in [3.05, 3.63) is 71.8 Å². The maximum Gasteiger partial charge on any atom is 0.308 e. The van der Waals surface area contributed by atoms with Gasteiger partial charge in [0.05, 0.1) is 12.5 Å². The summed E-state index contributed by atoms with van der Waals surface area (Å²) in [5.41, 5.74) is 2.35. The molecule has 2 rings (SSSR count). The van der Waals surface area contributed by atoms with Crippen LogP contribution in [0.3, 0.4) is 0 Å². The quantitative estimate of drug-likeness (QED) is 0.322. The SMILES string of the molecule is CN(C)CC(CC(=O)OCc1ccccc1)NC(=O)CCCCCCCc1ccccc1. The highest BCUT2D eigenvalue weighted by Crippen LogP contribution is 2.10. The maximum atomic E-state index is 12.4. The van der Waals surface area contributed by atoms with Gasteiger partial charge in [-0.3, -0.25) is 9.59 Å². The Hall–Kier alpha value is -2.66. The summed E-state index contributed by atoms with van der Waals surface area (Å²) in [6.45, 7) is 0.859. The fourth-order valence-electron chi connectivity index (χ4n) is 3.69. The third kappa shape index (κ3) is 11.7. The third-order valence-electron chi connectivity index (χ3n) is 5.32. The highest BCUT2D eigenvalue weighted by atomic mass is 16.5. The summed E-state index contributed by atoms with van der Waals surface area (Å²) in [5, 5.41) is 3.02. The summed E-state index contributed by atoms with van der Waals surface area (Å²) in [6, 6.07) is 19.9. The number of carbonyl (C=O) groups excluding carboxylic acids is 2. The molecule has 0 spiro atoms. The van der Waals surface area contributed by atoms with Gasteiger partial charge in [0.1, 0.15) is 6.61 Å². The minimum Gasteiger partial charge on any atom is -0.461 e. The van der Waals surface area contributed by atoms with E-state index in [4.69, 9.17) is 4.74 Å². The van der Waals surface area contributed by atoms with Gasteiger partial charge in [0, 0.05) is 13.0 Å². The van der Waals surface area contributed by atoms with Gasteiger partial charge < -0.3 is 15.0 Å². The lowest BCUT2D eigenvalue weighted by atomic mass is 10.0. The van der Waals surface area contributed by atoms with Gasteiger partial charge in [-0.25, -0.2) is 0 Å². The number of hydrogen-bond donors (Lipinski definition) is 1. The average Bonchev–Trinajstić information content (AvgIpc) is 2.78. The smallest absolute Gasteiger partial charge is 0.308 e. The van der Waals surface area contributed by atoms with Gasteiger partial charge in [-0.2, -0.15) is 0 Å². The van der Waals surface area contributed by atoms with Crippen LogP contribution in [0, 0.1) is 0 Å². The van der Waals surface area contributed by atoms with Gasteiger partial charge in [0.2, 0.25) is 5.91 Å². The molecule has 0 aliphatic heterocycles. The number of carbonyl (C=O) groups is 2. The van der Waals surface area contributed by atoms with Crippen LogP contribution in [0.2, 0.25) is 0 Å². The molecular weight excluding hydrogens is 400 g/mol. The maximum absolute atomic E-state index is 12.4. The summed E-state index contributed by atoms with van der Waals surface area (Å²) in [4.78, 5) is 26.6. The molecule has 2 aromatic rings. The van der Waals surface area contributed by atoms with Crippen LogP contribution >= 0.6 is 0 Å². The number of benzene rings is 2. The van der Waals surface area contributed by atoms with Crippen LogP contribution in [0.1, 0.15) is 56.1 Å². The van der Waals surface area contributed by atoms with E-state index in [0.29, 0.717) is 13.0 Å². The summed E-state index contributed by atoms with van der Waals surface area (Å²) < 4.78 is 5.38. The molecule has 0 aromatic heterocycles. The average molecular weight is 439 g/mol. The van der Waals surface area contributed by atoms with Crippen molar-refractivity contribution in [2.24, 2.45) is 0 Å². The van der Waals surface area contributed by atoms with E-state index in [2.05, 4.69) is 29.6 Å². The lowest BCUT2D eigenvalue weighted by molar-refractivity contribution is -0.145. The van der Waals surface area contributed by atoms with Crippen molar-refractivity contribution in [1.82, 2.24) is 10.2 Å². The molecule has 5 nitrogen and oxygen atoms in total. The van der Waals surface area contributed by atoms with E-state index in [-0.39, 0.29) is 30.9 Å². The van der Waals surface area contributed by atoms with Crippen LogP contribution in [-0.2, 0) is 27.4 Å². The van der Waals surface area contributed by atoms with Gasteiger partial charge in [-0.15, -0.1) is 0 Å². The summed E-state index contributed by atoms with van der Waals surface area (Å²) in [5.74, 6) is -0.281. The zero-order chi connectivity index (χ0) is 23.0. The molecule has 1 N–H and O–H groups in total. The minimum atomic E-state index is -0.292. The van der Waals surface area contributed by atoms with Crippen molar-refractivity contribution in [2.75, 3.05) is 20.6 Å². The van der Waals surface area contributed by atoms with Gasteiger partial charge >= 0.3 is 5.97 Å². The van der Waals surface area contributed by atoms with Crippen molar-refractivity contribution in [3.63, 3.8) is 0 Å². The molecule has 1 unspecified atom stereocenters. The highest BCUT2D eigenvalue weighted by Gasteiger charge is 2.18. The molecule has 0 saturated carbocycles. The fraction of sp³-hybridized carbons (Fsp3) is 0.481. The molecule has 2 aromatic carbocycles. The first-order valence-corrected chi connectivity index (χ1v) is 11.7. The molecule has 1 amide bonds. The van der Waals surface area contributed by atoms with Gasteiger partial charge in [0.25, 0.3) is 0 Å². The van der Waals surface area contributed by atoms with Gasteiger partial charge in [0.15, 0.2) is 0 Å². The van der Waals surface area contributed by atoms with E-state index in [1.54, 1.807) is 0 Å². The number of ether oxygens (including phenoxy) is 1. The number of amides is 1. The number of esters is 1. The normalized spacial score (nSPS) is 11.8. The van der Waals surface area contributed by atoms with E-state index in [1.807, 2.05) is 55.4 Å². The molecule has 5 heteroatoms. The molecular formula is C27H38N2O3. The third-order valence-corrected chi connectivity index (χ3v) is 5.32. The van der Waals surface area contributed by atoms with E-state index in [0.717, 1.165) is 31.2 Å². The van der Waals surface area contributed by atoms with Crippen LogP contribution < -0.4 is 5.32 Å². The lowest BCUT2D eigenvalue weighted by Crippen LogP contribution is -2.43. The predicted molar refractivity (Wildman–Crippen MR) is 129 cm³/mol. The number of nitrogens with one attached hydrogen (secondary N) is 1. The molecule has 1 atom stereocenters. The van der Waals surface area contributed by atoms with Gasteiger partial charge in [-0.05, 0) is 44.5 Å². The highest BCUT2D eigenvalue weighted by molar-refractivity contribution is 5.77. The number of rotatable bonds is 15. The molecule has 0 heterocycles. The monoisotopic (exact) mass is 438 g/mol. The van der Waals surface area contributed by atoms with E-state index in [1.165, 1.54) is 18.4 Å². The molecule has 0 aliphatic rings. The summed E-state index contributed by atoms with van der Waals surface area (Å²) in [7, 11) is 3.87. The van der Waals surface area contributed by atoms with Crippen molar-refractivity contribution < 1.29 is 14.3 Å². The van der Waals surface area contributed by atoms with Crippen LogP contribution in [0.5, 0.6) is 0 Å². The molecule has 0 bridgehead atoms. The largest absolute Gasteiger partial charge is 0.461 e. The Balaban J connectivity index is 1.60. The number of nitrogens with zero attached hydrogens (tertiary/aromatic N) is 1. The minimum absolute atomic E-state index is 0.0111. The summed E-state index contributed by atoms with van der Waals surface area (Å²) in [6.07, 6.45) is 7.25. The molecule has 0 radical (unpaired) electrons. The number of unbranched alkanes of at least 4 members (excludes halogenated alkanes) is 4. The van der Waals surface area contributed by atoms with E-state index in [9.17, 15) is 9.59 Å².